The first kappa shape index (κ1) is 11.2. The number of hydrogen-bond acceptors (Lipinski definition) is 2. The van der Waals surface area contributed by atoms with E-state index in [0.29, 0.717) is 12.0 Å². The summed E-state index contributed by atoms with van der Waals surface area (Å²) in [5, 5.41) is 13.9. The van der Waals surface area contributed by atoms with Crippen LogP contribution in [0.1, 0.15) is 42.9 Å². The average Bonchev–Trinajstić information content (AvgIpc) is 2.68. The number of nitrogens with one attached hydrogen (secondary N) is 1. The lowest BCUT2D eigenvalue weighted by atomic mass is 9.91. The lowest BCUT2D eigenvalue weighted by Gasteiger charge is -2.27. The van der Waals surface area contributed by atoms with Gasteiger partial charge in [-0.05, 0) is 49.3 Å². The maximum Gasteiger partial charge on any atom is 0.0824 e. The van der Waals surface area contributed by atoms with E-state index >= 15 is 0 Å². The van der Waals surface area contributed by atoms with E-state index in [0.717, 1.165) is 24.9 Å². The van der Waals surface area contributed by atoms with Gasteiger partial charge in [-0.1, -0.05) is 30.7 Å². The Morgan fingerprint density at radius 2 is 2.12 bits per heavy atom. The van der Waals surface area contributed by atoms with Crippen LogP contribution in [0.3, 0.4) is 0 Å². The Bertz CT molecular complexity index is 384. The van der Waals surface area contributed by atoms with Crippen molar-refractivity contribution in [3.63, 3.8) is 0 Å². The zero-order valence-corrected chi connectivity index (χ0v) is 10.2. The van der Waals surface area contributed by atoms with Crippen LogP contribution in [-0.4, -0.2) is 17.7 Å². The summed E-state index contributed by atoms with van der Waals surface area (Å²) in [7, 11) is 0. The molecule has 1 heterocycles. The molecule has 2 N–H and O–H groups in total. The van der Waals surface area contributed by atoms with Crippen LogP contribution in [-0.2, 0) is 6.42 Å². The first-order chi connectivity index (χ1) is 8.34. The molecule has 1 aromatic carbocycles. The predicted octanol–water partition coefficient (Wildman–Crippen LogP) is 2.42. The molecule has 3 atom stereocenters. The third-order valence-electron chi connectivity index (χ3n) is 4.30. The molecular formula is C15H21NO. The van der Waals surface area contributed by atoms with Gasteiger partial charge in [-0.2, -0.15) is 0 Å². The van der Waals surface area contributed by atoms with Crippen molar-refractivity contribution in [2.45, 2.75) is 44.2 Å². The topological polar surface area (TPSA) is 32.3 Å². The summed E-state index contributed by atoms with van der Waals surface area (Å²) in [6.07, 6.45) is 5.86. The van der Waals surface area contributed by atoms with E-state index in [1.54, 1.807) is 0 Å². The molecule has 1 unspecified atom stereocenters. The third kappa shape index (κ3) is 2.24. The molecule has 0 radical (unpaired) electrons. The van der Waals surface area contributed by atoms with Gasteiger partial charge in [-0.25, -0.2) is 0 Å². The molecule has 0 amide bonds. The third-order valence-corrected chi connectivity index (χ3v) is 4.30. The highest BCUT2D eigenvalue weighted by Crippen LogP contribution is 2.38. The van der Waals surface area contributed by atoms with Gasteiger partial charge in [0.2, 0.25) is 0 Å². The Morgan fingerprint density at radius 3 is 2.88 bits per heavy atom. The minimum absolute atomic E-state index is 0.241. The molecule has 0 saturated carbocycles. The summed E-state index contributed by atoms with van der Waals surface area (Å²) in [5.74, 6) is 0.419. The lowest BCUT2D eigenvalue weighted by molar-refractivity contribution is 0.108. The van der Waals surface area contributed by atoms with Gasteiger partial charge in [0.1, 0.15) is 0 Å². The predicted molar refractivity (Wildman–Crippen MR) is 68.9 cm³/mol. The van der Waals surface area contributed by atoms with E-state index in [1.165, 1.54) is 24.8 Å². The van der Waals surface area contributed by atoms with Crippen LogP contribution in [0, 0.1) is 5.92 Å². The van der Waals surface area contributed by atoms with Gasteiger partial charge < -0.3 is 10.4 Å². The second-order valence-corrected chi connectivity index (χ2v) is 5.49. The second kappa shape index (κ2) is 4.79. The SMILES string of the molecule is O[C@@H]1c2ccccc2C[C@@H]1CC1CCCCN1. The quantitative estimate of drug-likeness (QED) is 0.819. The van der Waals surface area contributed by atoms with Crippen molar-refractivity contribution in [1.29, 1.82) is 0 Å². The number of rotatable bonds is 2. The molecule has 1 saturated heterocycles. The van der Waals surface area contributed by atoms with Crippen molar-refractivity contribution >= 4 is 0 Å². The fraction of sp³-hybridized carbons (Fsp3) is 0.600. The molecule has 3 rings (SSSR count). The van der Waals surface area contributed by atoms with Crippen LogP contribution in [0.25, 0.3) is 0 Å². The van der Waals surface area contributed by atoms with Crippen LogP contribution in [0.2, 0.25) is 0 Å². The maximum absolute atomic E-state index is 10.3. The molecule has 0 bridgehead atoms. The minimum Gasteiger partial charge on any atom is -0.388 e. The zero-order valence-electron chi connectivity index (χ0n) is 10.2. The van der Waals surface area contributed by atoms with Gasteiger partial charge >= 0.3 is 0 Å². The summed E-state index contributed by atoms with van der Waals surface area (Å²) in [6.45, 7) is 1.15. The number of hydrogen-bond donors (Lipinski definition) is 2. The molecule has 17 heavy (non-hydrogen) atoms. The highest BCUT2D eigenvalue weighted by Gasteiger charge is 2.32. The van der Waals surface area contributed by atoms with Gasteiger partial charge in [0.05, 0.1) is 6.10 Å². The van der Waals surface area contributed by atoms with Crippen molar-refractivity contribution in [3.05, 3.63) is 35.4 Å². The molecule has 1 aliphatic carbocycles. The molecule has 1 aliphatic heterocycles. The monoisotopic (exact) mass is 231 g/mol. The van der Waals surface area contributed by atoms with E-state index < -0.39 is 0 Å². The van der Waals surface area contributed by atoms with E-state index in [9.17, 15) is 5.11 Å². The number of aliphatic hydroxyl groups excluding tert-OH is 1. The first-order valence-electron chi connectivity index (χ1n) is 6.84. The summed E-state index contributed by atoms with van der Waals surface area (Å²) in [4.78, 5) is 0. The van der Waals surface area contributed by atoms with Gasteiger partial charge in [0.25, 0.3) is 0 Å². The summed E-state index contributed by atoms with van der Waals surface area (Å²) >= 11 is 0. The highest BCUT2D eigenvalue weighted by molar-refractivity contribution is 5.34. The van der Waals surface area contributed by atoms with E-state index in [-0.39, 0.29) is 6.10 Å². The fourth-order valence-electron chi connectivity index (χ4n) is 3.36. The number of piperidine rings is 1. The largest absolute Gasteiger partial charge is 0.388 e. The maximum atomic E-state index is 10.3. The van der Waals surface area contributed by atoms with Crippen LogP contribution in [0.15, 0.2) is 24.3 Å². The van der Waals surface area contributed by atoms with E-state index in [2.05, 4.69) is 23.5 Å². The molecule has 2 heteroatoms. The van der Waals surface area contributed by atoms with Crippen LogP contribution in [0.5, 0.6) is 0 Å². The molecule has 1 fully saturated rings. The van der Waals surface area contributed by atoms with Gasteiger partial charge in [0, 0.05) is 6.04 Å². The Labute approximate surface area is 103 Å². The fourth-order valence-corrected chi connectivity index (χ4v) is 3.36. The molecule has 92 valence electrons. The number of fused-ring (bicyclic) bond motifs is 1. The van der Waals surface area contributed by atoms with Crippen molar-refractivity contribution in [3.8, 4) is 0 Å². The molecule has 2 nitrogen and oxygen atoms in total. The van der Waals surface area contributed by atoms with Crippen LogP contribution >= 0.6 is 0 Å². The average molecular weight is 231 g/mol. The Morgan fingerprint density at radius 1 is 1.24 bits per heavy atom. The van der Waals surface area contributed by atoms with Gasteiger partial charge in [-0.15, -0.1) is 0 Å². The van der Waals surface area contributed by atoms with Gasteiger partial charge in [-0.3, -0.25) is 0 Å². The Hall–Kier alpha value is -0.860. The molecule has 0 aromatic heterocycles. The minimum atomic E-state index is -0.241. The molecule has 1 aromatic rings. The number of aliphatic hydroxyl groups is 1. The summed E-state index contributed by atoms with van der Waals surface area (Å²) in [5.41, 5.74) is 2.51. The van der Waals surface area contributed by atoms with E-state index in [1.807, 2.05) is 6.07 Å². The standard InChI is InChI=1S/C15H21NO/c17-15-12(10-13-6-3-4-8-16-13)9-11-5-1-2-7-14(11)15/h1-2,5,7,12-13,15-17H,3-4,6,8-10H2/t12-,13?,15+/m1/s1. The smallest absolute Gasteiger partial charge is 0.0824 e. The van der Waals surface area contributed by atoms with Crippen molar-refractivity contribution in [1.82, 2.24) is 5.32 Å². The lowest BCUT2D eigenvalue weighted by Crippen LogP contribution is -2.36. The molecular weight excluding hydrogens is 210 g/mol. The highest BCUT2D eigenvalue weighted by atomic mass is 16.3. The normalized spacial score (nSPS) is 32.4. The summed E-state index contributed by atoms with van der Waals surface area (Å²) < 4.78 is 0. The van der Waals surface area contributed by atoms with Crippen molar-refractivity contribution in [2.75, 3.05) is 6.54 Å². The van der Waals surface area contributed by atoms with Crippen LogP contribution in [0.4, 0.5) is 0 Å². The number of benzene rings is 1. The Balaban J connectivity index is 1.67. The first-order valence-corrected chi connectivity index (χ1v) is 6.84. The van der Waals surface area contributed by atoms with E-state index in [4.69, 9.17) is 0 Å². The molecule has 2 aliphatic rings. The summed E-state index contributed by atoms with van der Waals surface area (Å²) in [6, 6.07) is 8.97. The Kier molecular flexibility index (Phi) is 3.17. The zero-order chi connectivity index (χ0) is 11.7. The molecule has 0 spiro atoms. The second-order valence-electron chi connectivity index (χ2n) is 5.49. The van der Waals surface area contributed by atoms with Gasteiger partial charge in [0.15, 0.2) is 0 Å². The van der Waals surface area contributed by atoms with Crippen LogP contribution < -0.4 is 5.32 Å². The van der Waals surface area contributed by atoms with Crippen molar-refractivity contribution < 1.29 is 5.11 Å². The van der Waals surface area contributed by atoms with Crippen molar-refractivity contribution in [2.24, 2.45) is 5.92 Å².